The molecule has 1 aromatic rings. The second-order valence-corrected chi connectivity index (χ2v) is 3.78. The molecule has 2 rings (SSSR count). The van der Waals surface area contributed by atoms with E-state index in [2.05, 4.69) is 42.6 Å². The van der Waals surface area contributed by atoms with Crippen LogP contribution in [0.3, 0.4) is 0 Å². The maximum Gasteiger partial charge on any atom is 0.0348 e. The van der Waals surface area contributed by atoms with Crippen LogP contribution < -0.4 is 5.32 Å². The van der Waals surface area contributed by atoms with E-state index in [4.69, 9.17) is 0 Å². The molecule has 1 saturated carbocycles. The first-order valence-electron chi connectivity index (χ1n) is 5.20. The average molecular weight is 175 g/mol. The summed E-state index contributed by atoms with van der Waals surface area (Å²) >= 11 is 0. The molecule has 0 heterocycles. The zero-order chi connectivity index (χ0) is 9.10. The SMILES string of the molecule is CCNC(c1ccccc1)C1CC1. The molecule has 13 heavy (non-hydrogen) atoms. The average Bonchev–Trinajstić information content (AvgIpc) is 2.99. The van der Waals surface area contributed by atoms with Crippen molar-refractivity contribution >= 4 is 0 Å². The molecule has 1 heteroatoms. The maximum absolute atomic E-state index is 3.56. The molecule has 0 radical (unpaired) electrons. The van der Waals surface area contributed by atoms with E-state index in [0.29, 0.717) is 6.04 Å². The van der Waals surface area contributed by atoms with Gasteiger partial charge in [0, 0.05) is 6.04 Å². The normalized spacial score (nSPS) is 18.5. The molecular formula is C12H17N. The van der Waals surface area contributed by atoms with Gasteiger partial charge in [0.25, 0.3) is 0 Å². The highest BCUT2D eigenvalue weighted by molar-refractivity contribution is 5.20. The van der Waals surface area contributed by atoms with Crippen LogP contribution in [0.4, 0.5) is 0 Å². The van der Waals surface area contributed by atoms with Gasteiger partial charge in [-0.2, -0.15) is 0 Å². The first-order valence-corrected chi connectivity index (χ1v) is 5.20. The fraction of sp³-hybridized carbons (Fsp3) is 0.500. The Hall–Kier alpha value is -0.820. The maximum atomic E-state index is 3.56. The van der Waals surface area contributed by atoms with E-state index >= 15 is 0 Å². The van der Waals surface area contributed by atoms with E-state index in [9.17, 15) is 0 Å². The zero-order valence-corrected chi connectivity index (χ0v) is 8.16. The Kier molecular flexibility index (Phi) is 2.65. The monoisotopic (exact) mass is 175 g/mol. The Bertz CT molecular complexity index is 251. The van der Waals surface area contributed by atoms with Gasteiger partial charge in [0.05, 0.1) is 0 Å². The van der Waals surface area contributed by atoms with Crippen molar-refractivity contribution in [1.82, 2.24) is 5.32 Å². The van der Waals surface area contributed by atoms with E-state index in [0.717, 1.165) is 12.5 Å². The fourth-order valence-electron chi connectivity index (χ4n) is 1.87. The van der Waals surface area contributed by atoms with Crippen LogP contribution in [0.25, 0.3) is 0 Å². The standard InChI is InChI=1S/C12H17N/c1-2-13-12(11-8-9-11)10-6-4-3-5-7-10/h3-7,11-13H,2,8-9H2,1H3. The third kappa shape index (κ3) is 2.10. The Morgan fingerprint density at radius 1 is 1.31 bits per heavy atom. The van der Waals surface area contributed by atoms with E-state index < -0.39 is 0 Å². The van der Waals surface area contributed by atoms with E-state index in [-0.39, 0.29) is 0 Å². The first-order chi connectivity index (χ1) is 6.42. The molecule has 1 aliphatic rings. The molecule has 0 spiro atoms. The van der Waals surface area contributed by atoms with Crippen molar-refractivity contribution in [1.29, 1.82) is 0 Å². The van der Waals surface area contributed by atoms with Gasteiger partial charge in [-0.15, -0.1) is 0 Å². The lowest BCUT2D eigenvalue weighted by atomic mass is 10.0. The summed E-state index contributed by atoms with van der Waals surface area (Å²) in [7, 11) is 0. The number of benzene rings is 1. The molecule has 70 valence electrons. The number of rotatable bonds is 4. The van der Waals surface area contributed by atoms with Gasteiger partial charge in [0.1, 0.15) is 0 Å². The van der Waals surface area contributed by atoms with Crippen molar-refractivity contribution in [3.05, 3.63) is 35.9 Å². The Balaban J connectivity index is 2.10. The Morgan fingerprint density at radius 2 is 2.00 bits per heavy atom. The quantitative estimate of drug-likeness (QED) is 0.742. The van der Waals surface area contributed by atoms with E-state index in [1.165, 1.54) is 18.4 Å². The summed E-state index contributed by atoms with van der Waals surface area (Å²) in [4.78, 5) is 0. The minimum Gasteiger partial charge on any atom is -0.310 e. The van der Waals surface area contributed by atoms with Crippen LogP contribution in [0.1, 0.15) is 31.4 Å². The number of hydrogen-bond acceptors (Lipinski definition) is 1. The summed E-state index contributed by atoms with van der Waals surface area (Å²) in [6, 6.07) is 11.4. The molecule has 0 amide bonds. The summed E-state index contributed by atoms with van der Waals surface area (Å²) in [5.74, 6) is 0.891. The molecule has 1 aliphatic carbocycles. The fourth-order valence-corrected chi connectivity index (χ4v) is 1.87. The van der Waals surface area contributed by atoms with Crippen LogP contribution in [-0.4, -0.2) is 6.54 Å². The second-order valence-electron chi connectivity index (χ2n) is 3.78. The summed E-state index contributed by atoms with van der Waals surface area (Å²) in [6.45, 7) is 3.24. The highest BCUT2D eigenvalue weighted by Crippen LogP contribution is 2.40. The molecule has 0 bridgehead atoms. The van der Waals surface area contributed by atoms with Crippen LogP contribution >= 0.6 is 0 Å². The highest BCUT2D eigenvalue weighted by Gasteiger charge is 2.31. The predicted octanol–water partition coefficient (Wildman–Crippen LogP) is 2.75. The van der Waals surface area contributed by atoms with Gasteiger partial charge >= 0.3 is 0 Å². The minimum absolute atomic E-state index is 0.603. The highest BCUT2D eigenvalue weighted by atomic mass is 14.9. The predicted molar refractivity (Wildman–Crippen MR) is 55.6 cm³/mol. The van der Waals surface area contributed by atoms with Gasteiger partial charge in [-0.3, -0.25) is 0 Å². The van der Waals surface area contributed by atoms with Crippen LogP contribution in [-0.2, 0) is 0 Å². The molecular weight excluding hydrogens is 158 g/mol. The van der Waals surface area contributed by atoms with Crippen molar-refractivity contribution in [2.45, 2.75) is 25.8 Å². The molecule has 1 aromatic carbocycles. The molecule has 1 N–H and O–H groups in total. The van der Waals surface area contributed by atoms with Crippen LogP contribution in [0.2, 0.25) is 0 Å². The smallest absolute Gasteiger partial charge is 0.0348 e. The summed E-state index contributed by atoms with van der Waals surface area (Å²) in [5.41, 5.74) is 1.45. The van der Waals surface area contributed by atoms with Crippen LogP contribution in [0.15, 0.2) is 30.3 Å². The lowest BCUT2D eigenvalue weighted by Gasteiger charge is -2.17. The van der Waals surface area contributed by atoms with Gasteiger partial charge in [-0.05, 0) is 30.9 Å². The third-order valence-electron chi connectivity index (χ3n) is 2.68. The van der Waals surface area contributed by atoms with Crippen molar-refractivity contribution in [2.75, 3.05) is 6.54 Å². The molecule has 0 aliphatic heterocycles. The zero-order valence-electron chi connectivity index (χ0n) is 8.16. The Labute approximate surface area is 80.2 Å². The van der Waals surface area contributed by atoms with Gasteiger partial charge in [0.15, 0.2) is 0 Å². The molecule has 1 atom stereocenters. The van der Waals surface area contributed by atoms with Gasteiger partial charge in [0.2, 0.25) is 0 Å². The molecule has 1 fully saturated rings. The van der Waals surface area contributed by atoms with E-state index in [1.54, 1.807) is 0 Å². The molecule has 0 saturated heterocycles. The van der Waals surface area contributed by atoms with Crippen LogP contribution in [0.5, 0.6) is 0 Å². The molecule has 1 unspecified atom stereocenters. The lowest BCUT2D eigenvalue weighted by Crippen LogP contribution is -2.22. The van der Waals surface area contributed by atoms with Gasteiger partial charge in [-0.1, -0.05) is 37.3 Å². The summed E-state index contributed by atoms with van der Waals surface area (Å²) in [6.07, 6.45) is 2.79. The number of nitrogens with one attached hydrogen (secondary N) is 1. The van der Waals surface area contributed by atoms with Gasteiger partial charge in [-0.25, -0.2) is 0 Å². The summed E-state index contributed by atoms with van der Waals surface area (Å²) in [5, 5.41) is 3.56. The largest absolute Gasteiger partial charge is 0.310 e. The van der Waals surface area contributed by atoms with Crippen molar-refractivity contribution in [2.24, 2.45) is 5.92 Å². The van der Waals surface area contributed by atoms with Crippen molar-refractivity contribution < 1.29 is 0 Å². The van der Waals surface area contributed by atoms with Crippen molar-refractivity contribution in [3.63, 3.8) is 0 Å². The molecule has 0 aromatic heterocycles. The van der Waals surface area contributed by atoms with Crippen LogP contribution in [0, 0.1) is 5.92 Å². The third-order valence-corrected chi connectivity index (χ3v) is 2.68. The van der Waals surface area contributed by atoms with Crippen molar-refractivity contribution in [3.8, 4) is 0 Å². The lowest BCUT2D eigenvalue weighted by molar-refractivity contribution is 0.496. The van der Waals surface area contributed by atoms with Gasteiger partial charge < -0.3 is 5.32 Å². The first kappa shape index (κ1) is 8.76. The second kappa shape index (κ2) is 3.93. The Morgan fingerprint density at radius 3 is 2.54 bits per heavy atom. The number of hydrogen-bond donors (Lipinski definition) is 1. The van der Waals surface area contributed by atoms with E-state index in [1.807, 2.05) is 0 Å². The summed E-state index contributed by atoms with van der Waals surface area (Å²) < 4.78 is 0. The minimum atomic E-state index is 0.603. The topological polar surface area (TPSA) is 12.0 Å². The molecule has 1 nitrogen and oxygen atoms in total.